The van der Waals surface area contributed by atoms with Crippen LogP contribution >= 0.6 is 11.6 Å². The summed E-state index contributed by atoms with van der Waals surface area (Å²) in [7, 11) is 0. The zero-order valence-corrected chi connectivity index (χ0v) is 18.6. The standard InChI is InChI=1S/C26H23ClN2O3/c1-3-32-21-13-14-23-22(15-21)24(25(30)26(31)28-20-7-5-4-6-8-20)17(2)29(23)16-18-9-11-19(27)12-10-18/h4-15H,3,16H2,1-2H3,(H,28,31). The summed E-state index contributed by atoms with van der Waals surface area (Å²) in [5, 5.41) is 4.05. The van der Waals surface area contributed by atoms with Gasteiger partial charge in [0.15, 0.2) is 0 Å². The summed E-state index contributed by atoms with van der Waals surface area (Å²) in [4.78, 5) is 26.1. The predicted octanol–water partition coefficient (Wildman–Crippen LogP) is 5.87. The van der Waals surface area contributed by atoms with Crippen LogP contribution in [-0.4, -0.2) is 22.9 Å². The Balaban J connectivity index is 1.78. The molecule has 0 atom stereocenters. The van der Waals surface area contributed by atoms with Crippen molar-refractivity contribution >= 4 is 39.9 Å². The van der Waals surface area contributed by atoms with Crippen molar-refractivity contribution in [2.75, 3.05) is 11.9 Å². The van der Waals surface area contributed by atoms with Gasteiger partial charge in [0.05, 0.1) is 12.2 Å². The number of nitrogens with one attached hydrogen (secondary N) is 1. The lowest BCUT2D eigenvalue weighted by molar-refractivity contribution is -0.112. The van der Waals surface area contributed by atoms with E-state index in [1.54, 1.807) is 24.3 Å². The molecule has 0 aliphatic heterocycles. The van der Waals surface area contributed by atoms with Gasteiger partial charge in [-0.25, -0.2) is 0 Å². The highest BCUT2D eigenvalue weighted by Gasteiger charge is 2.26. The van der Waals surface area contributed by atoms with Gasteiger partial charge in [0.2, 0.25) is 0 Å². The van der Waals surface area contributed by atoms with E-state index < -0.39 is 11.7 Å². The second kappa shape index (κ2) is 9.28. The molecule has 1 aromatic heterocycles. The first-order valence-corrected chi connectivity index (χ1v) is 10.8. The molecule has 0 bridgehead atoms. The highest BCUT2D eigenvalue weighted by Crippen LogP contribution is 2.31. The normalized spacial score (nSPS) is 10.8. The monoisotopic (exact) mass is 446 g/mol. The lowest BCUT2D eigenvalue weighted by Gasteiger charge is -2.10. The number of rotatable bonds is 7. The van der Waals surface area contributed by atoms with E-state index in [0.29, 0.717) is 40.6 Å². The molecule has 0 unspecified atom stereocenters. The fourth-order valence-corrected chi connectivity index (χ4v) is 3.93. The third-order valence-corrected chi connectivity index (χ3v) is 5.58. The zero-order valence-electron chi connectivity index (χ0n) is 17.9. The first kappa shape index (κ1) is 21.7. The predicted molar refractivity (Wildman–Crippen MR) is 128 cm³/mol. The molecule has 0 aliphatic carbocycles. The van der Waals surface area contributed by atoms with Crippen molar-refractivity contribution in [3.05, 3.63) is 94.6 Å². The van der Waals surface area contributed by atoms with Gasteiger partial charge in [0.1, 0.15) is 5.75 Å². The van der Waals surface area contributed by atoms with Crippen molar-refractivity contribution in [2.45, 2.75) is 20.4 Å². The van der Waals surface area contributed by atoms with E-state index in [1.165, 1.54) is 0 Å². The van der Waals surface area contributed by atoms with Gasteiger partial charge in [-0.15, -0.1) is 0 Å². The first-order valence-electron chi connectivity index (χ1n) is 10.4. The molecule has 6 heteroatoms. The van der Waals surface area contributed by atoms with E-state index in [4.69, 9.17) is 16.3 Å². The molecule has 162 valence electrons. The third kappa shape index (κ3) is 4.39. The molecular weight excluding hydrogens is 424 g/mol. The van der Waals surface area contributed by atoms with Crippen LogP contribution in [0.25, 0.3) is 10.9 Å². The lowest BCUT2D eigenvalue weighted by Crippen LogP contribution is -2.23. The average Bonchev–Trinajstić information content (AvgIpc) is 3.06. The Morgan fingerprint density at radius 2 is 1.72 bits per heavy atom. The van der Waals surface area contributed by atoms with Crippen molar-refractivity contribution in [1.82, 2.24) is 4.57 Å². The average molecular weight is 447 g/mol. The van der Waals surface area contributed by atoms with E-state index in [0.717, 1.165) is 16.8 Å². The minimum absolute atomic E-state index is 0.379. The van der Waals surface area contributed by atoms with Gasteiger partial charge in [-0.05, 0) is 61.9 Å². The number of nitrogens with zero attached hydrogens (tertiary/aromatic N) is 1. The van der Waals surface area contributed by atoms with Crippen LogP contribution in [0.1, 0.15) is 28.5 Å². The maximum atomic E-state index is 13.3. The number of aromatic nitrogens is 1. The van der Waals surface area contributed by atoms with Crippen LogP contribution in [0.3, 0.4) is 0 Å². The molecule has 0 saturated heterocycles. The Kier molecular flexibility index (Phi) is 6.28. The number of amides is 1. The van der Waals surface area contributed by atoms with Gasteiger partial charge in [0, 0.05) is 33.9 Å². The van der Waals surface area contributed by atoms with E-state index in [2.05, 4.69) is 5.32 Å². The maximum absolute atomic E-state index is 13.3. The van der Waals surface area contributed by atoms with E-state index >= 15 is 0 Å². The number of para-hydroxylation sites is 1. The number of ether oxygens (including phenoxy) is 1. The second-order valence-corrected chi connectivity index (χ2v) is 7.87. The summed E-state index contributed by atoms with van der Waals surface area (Å²) < 4.78 is 7.69. The number of hydrogen-bond donors (Lipinski definition) is 1. The summed E-state index contributed by atoms with van der Waals surface area (Å²) in [6, 6.07) is 22.2. The molecule has 0 saturated carbocycles. The topological polar surface area (TPSA) is 60.3 Å². The molecule has 0 fully saturated rings. The molecule has 0 aliphatic rings. The van der Waals surface area contributed by atoms with E-state index in [-0.39, 0.29) is 0 Å². The molecule has 0 radical (unpaired) electrons. The summed E-state index contributed by atoms with van der Waals surface area (Å²) in [5.41, 5.74) is 3.57. The Bertz CT molecular complexity index is 1280. The van der Waals surface area contributed by atoms with Gasteiger partial charge in [-0.3, -0.25) is 9.59 Å². The van der Waals surface area contributed by atoms with Crippen molar-refractivity contribution in [3.63, 3.8) is 0 Å². The number of carbonyl (C=O) groups excluding carboxylic acids is 2. The van der Waals surface area contributed by atoms with Crippen LogP contribution in [0.4, 0.5) is 5.69 Å². The Hall–Kier alpha value is -3.57. The molecule has 0 spiro atoms. The second-order valence-electron chi connectivity index (χ2n) is 7.43. The lowest BCUT2D eigenvalue weighted by atomic mass is 10.1. The third-order valence-electron chi connectivity index (χ3n) is 5.32. The van der Waals surface area contributed by atoms with Crippen LogP contribution in [0.15, 0.2) is 72.8 Å². The molecule has 3 aromatic carbocycles. The molecule has 1 amide bonds. The van der Waals surface area contributed by atoms with Crippen LogP contribution < -0.4 is 10.1 Å². The molecule has 32 heavy (non-hydrogen) atoms. The summed E-state index contributed by atoms with van der Waals surface area (Å²) >= 11 is 6.03. The van der Waals surface area contributed by atoms with Gasteiger partial charge in [-0.2, -0.15) is 0 Å². The minimum atomic E-state index is -0.674. The van der Waals surface area contributed by atoms with E-state index in [1.807, 2.05) is 66.9 Å². The van der Waals surface area contributed by atoms with E-state index in [9.17, 15) is 9.59 Å². The van der Waals surface area contributed by atoms with Gasteiger partial charge in [-0.1, -0.05) is 41.9 Å². The fourth-order valence-electron chi connectivity index (χ4n) is 3.80. The van der Waals surface area contributed by atoms with Crippen LogP contribution in [0.2, 0.25) is 5.02 Å². The number of carbonyl (C=O) groups is 2. The number of hydrogen-bond acceptors (Lipinski definition) is 3. The Morgan fingerprint density at radius 3 is 2.41 bits per heavy atom. The highest BCUT2D eigenvalue weighted by atomic mass is 35.5. The van der Waals surface area contributed by atoms with Crippen molar-refractivity contribution < 1.29 is 14.3 Å². The number of fused-ring (bicyclic) bond motifs is 1. The minimum Gasteiger partial charge on any atom is -0.494 e. The molecule has 4 rings (SSSR count). The SMILES string of the molecule is CCOc1ccc2c(c1)c(C(=O)C(=O)Nc1ccccc1)c(C)n2Cc1ccc(Cl)cc1. The first-order chi connectivity index (χ1) is 15.5. The molecule has 5 nitrogen and oxygen atoms in total. The summed E-state index contributed by atoms with van der Waals surface area (Å²) in [5.74, 6) is -0.604. The molecular formula is C26H23ClN2O3. The molecule has 1 heterocycles. The maximum Gasteiger partial charge on any atom is 0.296 e. The molecule has 1 N–H and O–H groups in total. The number of halogens is 1. The van der Waals surface area contributed by atoms with Crippen LogP contribution in [0.5, 0.6) is 5.75 Å². The number of Topliss-reactive ketones (excluding diaryl/α,β-unsaturated/α-hetero) is 1. The van der Waals surface area contributed by atoms with Crippen LogP contribution in [0, 0.1) is 6.92 Å². The Labute approximate surface area is 191 Å². The van der Waals surface area contributed by atoms with Gasteiger partial charge >= 0.3 is 0 Å². The largest absolute Gasteiger partial charge is 0.494 e. The van der Waals surface area contributed by atoms with Gasteiger partial charge < -0.3 is 14.6 Å². The number of benzene rings is 3. The summed E-state index contributed by atoms with van der Waals surface area (Å²) in [6.07, 6.45) is 0. The number of anilines is 1. The smallest absolute Gasteiger partial charge is 0.296 e. The fraction of sp³-hybridized carbons (Fsp3) is 0.154. The van der Waals surface area contributed by atoms with Gasteiger partial charge in [0.25, 0.3) is 11.7 Å². The van der Waals surface area contributed by atoms with Crippen molar-refractivity contribution in [1.29, 1.82) is 0 Å². The zero-order chi connectivity index (χ0) is 22.7. The molecule has 4 aromatic rings. The van der Waals surface area contributed by atoms with Crippen molar-refractivity contribution in [3.8, 4) is 5.75 Å². The Morgan fingerprint density at radius 1 is 1.00 bits per heavy atom. The number of ketones is 1. The van der Waals surface area contributed by atoms with Crippen LogP contribution in [-0.2, 0) is 11.3 Å². The quantitative estimate of drug-likeness (QED) is 0.285. The summed E-state index contributed by atoms with van der Waals surface area (Å²) in [6.45, 7) is 4.81. The highest BCUT2D eigenvalue weighted by molar-refractivity contribution is 6.48. The van der Waals surface area contributed by atoms with Crippen molar-refractivity contribution in [2.24, 2.45) is 0 Å².